The summed E-state index contributed by atoms with van der Waals surface area (Å²) in [6.07, 6.45) is 5.19. The molecule has 4 aromatic rings. The number of hydrogen-bond donors (Lipinski definition) is 0. The first-order chi connectivity index (χ1) is 15.8. The van der Waals surface area contributed by atoms with Crippen LogP contribution in [0.1, 0.15) is 40.3 Å². The Kier molecular flexibility index (Phi) is 5.67. The van der Waals surface area contributed by atoms with Crippen molar-refractivity contribution < 1.29 is 0 Å². The second-order valence-corrected chi connectivity index (χ2v) is 8.22. The van der Waals surface area contributed by atoms with Crippen LogP contribution in [0, 0.1) is 6.92 Å². The quantitative estimate of drug-likeness (QED) is 0.308. The number of rotatable bonds is 5. The van der Waals surface area contributed by atoms with Crippen LogP contribution >= 0.6 is 0 Å². The SMILES string of the molecule is Cc1ccc(C2=NN(c3ccc(C=Cc4ccccc4)cc3)C(c3ccccc3)C2)cc1. The first kappa shape index (κ1) is 20.0. The Morgan fingerprint density at radius 2 is 1.28 bits per heavy atom. The third-order valence-corrected chi connectivity index (χ3v) is 5.90. The fraction of sp³-hybridized carbons (Fsp3) is 0.100. The minimum absolute atomic E-state index is 0.193. The van der Waals surface area contributed by atoms with Crippen LogP contribution in [-0.2, 0) is 0 Å². The van der Waals surface area contributed by atoms with Gasteiger partial charge in [0.05, 0.1) is 17.4 Å². The molecule has 1 aliphatic heterocycles. The van der Waals surface area contributed by atoms with Gasteiger partial charge in [0, 0.05) is 6.42 Å². The van der Waals surface area contributed by atoms with E-state index in [4.69, 9.17) is 5.10 Å². The lowest BCUT2D eigenvalue weighted by Gasteiger charge is -2.24. The van der Waals surface area contributed by atoms with Crippen LogP contribution in [0.25, 0.3) is 12.2 Å². The normalized spacial score (nSPS) is 15.8. The third-order valence-electron chi connectivity index (χ3n) is 5.90. The molecule has 156 valence electrons. The van der Waals surface area contributed by atoms with Crippen molar-refractivity contribution in [3.05, 3.63) is 137 Å². The largest absolute Gasteiger partial charge is 0.257 e. The first-order valence-corrected chi connectivity index (χ1v) is 11.1. The van der Waals surface area contributed by atoms with E-state index in [1.807, 2.05) is 6.07 Å². The lowest BCUT2D eigenvalue weighted by molar-refractivity contribution is 0.709. The predicted molar refractivity (Wildman–Crippen MR) is 136 cm³/mol. The Labute approximate surface area is 190 Å². The molecule has 0 spiro atoms. The zero-order valence-corrected chi connectivity index (χ0v) is 18.2. The Hall–Kier alpha value is -3.91. The van der Waals surface area contributed by atoms with Gasteiger partial charge >= 0.3 is 0 Å². The van der Waals surface area contributed by atoms with E-state index in [-0.39, 0.29) is 6.04 Å². The maximum Gasteiger partial charge on any atom is 0.0831 e. The van der Waals surface area contributed by atoms with Crippen molar-refractivity contribution in [1.29, 1.82) is 0 Å². The Morgan fingerprint density at radius 1 is 0.688 bits per heavy atom. The zero-order chi connectivity index (χ0) is 21.8. The van der Waals surface area contributed by atoms with Crippen molar-refractivity contribution in [3.8, 4) is 0 Å². The second-order valence-electron chi connectivity index (χ2n) is 8.22. The van der Waals surface area contributed by atoms with Crippen LogP contribution in [0.2, 0.25) is 0 Å². The summed E-state index contributed by atoms with van der Waals surface area (Å²) in [6, 6.07) is 38.6. The predicted octanol–water partition coefficient (Wildman–Crippen LogP) is 7.52. The second kappa shape index (κ2) is 9.07. The maximum absolute atomic E-state index is 5.07. The summed E-state index contributed by atoms with van der Waals surface area (Å²) in [4.78, 5) is 0. The lowest BCUT2D eigenvalue weighted by atomic mass is 9.98. The smallest absolute Gasteiger partial charge is 0.0831 e. The van der Waals surface area contributed by atoms with Crippen molar-refractivity contribution in [3.63, 3.8) is 0 Å². The van der Waals surface area contributed by atoms with E-state index in [9.17, 15) is 0 Å². The molecule has 0 amide bonds. The summed E-state index contributed by atoms with van der Waals surface area (Å²) in [5.41, 5.74) is 8.36. The van der Waals surface area contributed by atoms with Crippen molar-refractivity contribution in [1.82, 2.24) is 0 Å². The van der Waals surface area contributed by atoms with E-state index in [0.717, 1.165) is 17.8 Å². The Bertz CT molecular complexity index is 1220. The van der Waals surface area contributed by atoms with Gasteiger partial charge in [0.2, 0.25) is 0 Å². The van der Waals surface area contributed by atoms with Gasteiger partial charge in [-0.15, -0.1) is 0 Å². The molecule has 0 bridgehead atoms. The van der Waals surface area contributed by atoms with Gasteiger partial charge in [-0.05, 0) is 41.3 Å². The molecule has 2 heteroatoms. The molecule has 4 aromatic carbocycles. The van der Waals surface area contributed by atoms with Gasteiger partial charge in [0.15, 0.2) is 0 Å². The topological polar surface area (TPSA) is 15.6 Å². The maximum atomic E-state index is 5.07. The first-order valence-electron chi connectivity index (χ1n) is 11.1. The van der Waals surface area contributed by atoms with Gasteiger partial charge < -0.3 is 0 Å². The highest BCUT2D eigenvalue weighted by Crippen LogP contribution is 2.36. The molecule has 0 N–H and O–H groups in total. The summed E-state index contributed by atoms with van der Waals surface area (Å²) in [6.45, 7) is 2.12. The summed E-state index contributed by atoms with van der Waals surface area (Å²) in [7, 11) is 0. The molecule has 0 aromatic heterocycles. The highest BCUT2D eigenvalue weighted by atomic mass is 15.5. The summed E-state index contributed by atoms with van der Waals surface area (Å²) in [5.74, 6) is 0. The van der Waals surface area contributed by atoms with E-state index in [2.05, 4.69) is 127 Å². The van der Waals surface area contributed by atoms with Gasteiger partial charge in [-0.1, -0.05) is 115 Å². The molecule has 1 aliphatic rings. The van der Waals surface area contributed by atoms with E-state index in [1.165, 1.54) is 27.8 Å². The van der Waals surface area contributed by atoms with Crippen LogP contribution < -0.4 is 5.01 Å². The van der Waals surface area contributed by atoms with E-state index >= 15 is 0 Å². The molecule has 0 aliphatic carbocycles. The number of anilines is 1. The molecule has 0 saturated carbocycles. The highest BCUT2D eigenvalue weighted by Gasteiger charge is 2.29. The number of nitrogens with zero attached hydrogens (tertiary/aromatic N) is 2. The van der Waals surface area contributed by atoms with Crippen molar-refractivity contribution >= 4 is 23.6 Å². The number of hydrazone groups is 1. The number of benzene rings is 4. The molecular weight excluding hydrogens is 388 g/mol. The van der Waals surface area contributed by atoms with E-state index in [1.54, 1.807) is 0 Å². The minimum atomic E-state index is 0.193. The fourth-order valence-corrected chi connectivity index (χ4v) is 4.10. The average molecular weight is 415 g/mol. The monoisotopic (exact) mass is 414 g/mol. The number of aryl methyl sites for hydroxylation is 1. The van der Waals surface area contributed by atoms with Gasteiger partial charge in [0.25, 0.3) is 0 Å². The minimum Gasteiger partial charge on any atom is -0.257 e. The van der Waals surface area contributed by atoms with E-state index in [0.29, 0.717) is 0 Å². The molecule has 0 fully saturated rings. The summed E-state index contributed by atoms with van der Waals surface area (Å²) in [5, 5.41) is 7.25. The molecule has 1 heterocycles. The van der Waals surface area contributed by atoms with Crippen molar-refractivity contribution in [2.45, 2.75) is 19.4 Å². The van der Waals surface area contributed by atoms with Crippen LogP contribution in [0.3, 0.4) is 0 Å². The van der Waals surface area contributed by atoms with Crippen LogP contribution in [0.4, 0.5) is 5.69 Å². The van der Waals surface area contributed by atoms with Gasteiger partial charge in [0.1, 0.15) is 0 Å². The van der Waals surface area contributed by atoms with Gasteiger partial charge in [-0.25, -0.2) is 0 Å². The average Bonchev–Trinajstić information content (AvgIpc) is 3.30. The number of hydrogen-bond acceptors (Lipinski definition) is 2. The van der Waals surface area contributed by atoms with Crippen LogP contribution in [0.5, 0.6) is 0 Å². The Balaban J connectivity index is 1.44. The van der Waals surface area contributed by atoms with Crippen molar-refractivity contribution in [2.24, 2.45) is 5.10 Å². The van der Waals surface area contributed by atoms with Gasteiger partial charge in [-0.3, -0.25) is 5.01 Å². The van der Waals surface area contributed by atoms with Crippen LogP contribution in [-0.4, -0.2) is 5.71 Å². The third kappa shape index (κ3) is 4.40. The molecular formula is C30H26N2. The molecule has 5 rings (SSSR count). The standard InChI is InChI=1S/C30H26N2/c1-23-12-18-26(19-13-23)29-22-30(27-10-6-3-7-11-27)32(31-29)28-20-16-25(17-21-28)15-14-24-8-4-2-5-9-24/h2-21,30H,22H2,1H3. The zero-order valence-electron chi connectivity index (χ0n) is 18.2. The molecule has 0 saturated heterocycles. The van der Waals surface area contributed by atoms with E-state index < -0.39 is 0 Å². The van der Waals surface area contributed by atoms with Crippen molar-refractivity contribution in [2.75, 3.05) is 5.01 Å². The van der Waals surface area contributed by atoms with Gasteiger partial charge in [-0.2, -0.15) is 5.10 Å². The molecule has 0 radical (unpaired) electrons. The molecule has 1 unspecified atom stereocenters. The Morgan fingerprint density at radius 3 is 1.94 bits per heavy atom. The molecule has 2 nitrogen and oxygen atoms in total. The summed E-state index contributed by atoms with van der Waals surface area (Å²) < 4.78 is 0. The summed E-state index contributed by atoms with van der Waals surface area (Å²) >= 11 is 0. The lowest BCUT2D eigenvalue weighted by Crippen LogP contribution is -2.18. The molecule has 32 heavy (non-hydrogen) atoms. The molecule has 1 atom stereocenters. The fourth-order valence-electron chi connectivity index (χ4n) is 4.10. The van der Waals surface area contributed by atoms with Crippen LogP contribution in [0.15, 0.2) is 114 Å². The highest BCUT2D eigenvalue weighted by molar-refractivity contribution is 6.03.